The summed E-state index contributed by atoms with van der Waals surface area (Å²) in [5.74, 6) is 1.97. The Labute approximate surface area is 96.9 Å². The molecule has 0 unspecified atom stereocenters. The minimum Gasteiger partial charge on any atom is -0.407 e. The first-order valence-corrected chi connectivity index (χ1v) is 6.91. The van der Waals surface area contributed by atoms with Crippen molar-refractivity contribution in [1.82, 2.24) is 15.5 Å². The van der Waals surface area contributed by atoms with E-state index in [1.165, 1.54) is 0 Å². The summed E-state index contributed by atoms with van der Waals surface area (Å²) in [6, 6.07) is 0.546. The van der Waals surface area contributed by atoms with E-state index in [0.29, 0.717) is 30.0 Å². The van der Waals surface area contributed by atoms with Crippen molar-refractivity contribution in [2.24, 2.45) is 0 Å². The Morgan fingerprint density at radius 1 is 1.44 bits per heavy atom. The minimum absolute atomic E-state index is 0.546. The number of hydrogen-bond acceptors (Lipinski definition) is 6. The Bertz CT molecular complexity index is 358. The lowest BCUT2D eigenvalue weighted by atomic mass is 10.5. The van der Waals surface area contributed by atoms with Gasteiger partial charge in [-0.3, -0.25) is 4.21 Å². The first-order valence-electron chi connectivity index (χ1n) is 5.42. The van der Waals surface area contributed by atoms with Crippen LogP contribution in [0.25, 0.3) is 0 Å². The van der Waals surface area contributed by atoms with Gasteiger partial charge in [0, 0.05) is 35.4 Å². The maximum Gasteiger partial charge on any atom is 0.318 e. The Kier molecular flexibility index (Phi) is 3.89. The van der Waals surface area contributed by atoms with E-state index in [0.717, 1.165) is 19.6 Å². The van der Waals surface area contributed by atoms with Crippen LogP contribution in [0.4, 0.5) is 6.01 Å². The third-order valence-electron chi connectivity index (χ3n) is 2.43. The van der Waals surface area contributed by atoms with E-state index in [1.54, 1.807) is 0 Å². The molecule has 1 aromatic heterocycles. The third kappa shape index (κ3) is 2.79. The second-order valence-electron chi connectivity index (χ2n) is 3.59. The molecule has 1 aliphatic heterocycles. The minimum atomic E-state index is -0.677. The standard InChI is InChI=1S/C9H16N4O2S/c1-2-10-7-8-11-12-9(15-8)13-3-5-16(14)6-4-13/h10H,2-7H2,1H3. The number of nitrogens with zero attached hydrogens (tertiary/aromatic N) is 3. The van der Waals surface area contributed by atoms with Crippen molar-refractivity contribution in [1.29, 1.82) is 0 Å². The molecule has 1 aromatic rings. The summed E-state index contributed by atoms with van der Waals surface area (Å²) in [4.78, 5) is 1.99. The molecule has 2 rings (SSSR count). The van der Waals surface area contributed by atoms with E-state index in [-0.39, 0.29) is 0 Å². The van der Waals surface area contributed by atoms with Crippen LogP contribution in [0.2, 0.25) is 0 Å². The molecule has 1 N–H and O–H groups in total. The molecular formula is C9H16N4O2S. The van der Waals surface area contributed by atoms with Crippen molar-refractivity contribution in [2.75, 3.05) is 36.0 Å². The average molecular weight is 244 g/mol. The molecule has 90 valence electrons. The summed E-state index contributed by atoms with van der Waals surface area (Å²) in [6.07, 6.45) is 0. The van der Waals surface area contributed by atoms with E-state index in [1.807, 2.05) is 11.8 Å². The Hall–Kier alpha value is -0.950. The van der Waals surface area contributed by atoms with Gasteiger partial charge in [-0.05, 0) is 6.54 Å². The van der Waals surface area contributed by atoms with Gasteiger partial charge in [0.1, 0.15) is 0 Å². The molecule has 0 amide bonds. The Balaban J connectivity index is 1.93. The van der Waals surface area contributed by atoms with Gasteiger partial charge in [0.15, 0.2) is 0 Å². The summed E-state index contributed by atoms with van der Waals surface area (Å²) in [5.41, 5.74) is 0. The molecule has 6 nitrogen and oxygen atoms in total. The van der Waals surface area contributed by atoms with Crippen LogP contribution in [0.3, 0.4) is 0 Å². The number of hydrogen-bond donors (Lipinski definition) is 1. The van der Waals surface area contributed by atoms with Gasteiger partial charge < -0.3 is 14.6 Å². The van der Waals surface area contributed by atoms with Crippen LogP contribution >= 0.6 is 0 Å². The van der Waals surface area contributed by atoms with Crippen molar-refractivity contribution >= 4 is 16.8 Å². The highest BCUT2D eigenvalue weighted by Crippen LogP contribution is 2.14. The van der Waals surface area contributed by atoms with Crippen LogP contribution < -0.4 is 10.2 Å². The smallest absolute Gasteiger partial charge is 0.318 e. The van der Waals surface area contributed by atoms with Gasteiger partial charge >= 0.3 is 6.01 Å². The molecule has 1 aliphatic rings. The second kappa shape index (κ2) is 5.40. The lowest BCUT2D eigenvalue weighted by Crippen LogP contribution is -2.37. The molecule has 2 heterocycles. The summed E-state index contributed by atoms with van der Waals surface area (Å²) < 4.78 is 16.7. The third-order valence-corrected chi connectivity index (χ3v) is 3.71. The predicted molar refractivity (Wildman–Crippen MR) is 61.8 cm³/mol. The summed E-state index contributed by atoms with van der Waals surface area (Å²) >= 11 is 0. The van der Waals surface area contributed by atoms with Gasteiger partial charge in [-0.1, -0.05) is 12.0 Å². The lowest BCUT2D eigenvalue weighted by molar-refractivity contribution is 0.466. The Morgan fingerprint density at radius 2 is 2.19 bits per heavy atom. The topological polar surface area (TPSA) is 71.3 Å². The quantitative estimate of drug-likeness (QED) is 0.787. The number of aromatic nitrogens is 2. The molecule has 1 fully saturated rings. The van der Waals surface area contributed by atoms with Crippen molar-refractivity contribution in [2.45, 2.75) is 13.5 Å². The number of anilines is 1. The molecule has 0 spiro atoms. The summed E-state index contributed by atoms with van der Waals surface area (Å²) in [7, 11) is -0.677. The van der Waals surface area contributed by atoms with Gasteiger partial charge in [-0.25, -0.2) is 0 Å². The van der Waals surface area contributed by atoms with E-state index in [2.05, 4.69) is 15.5 Å². The number of nitrogens with one attached hydrogen (secondary N) is 1. The molecular weight excluding hydrogens is 228 g/mol. The second-order valence-corrected chi connectivity index (χ2v) is 5.29. The molecule has 16 heavy (non-hydrogen) atoms. The molecule has 0 radical (unpaired) electrons. The fourth-order valence-electron chi connectivity index (χ4n) is 1.51. The monoisotopic (exact) mass is 244 g/mol. The van der Waals surface area contributed by atoms with Crippen LogP contribution in [0.1, 0.15) is 12.8 Å². The van der Waals surface area contributed by atoms with Crippen molar-refractivity contribution in [3.63, 3.8) is 0 Å². The highest BCUT2D eigenvalue weighted by atomic mass is 32.2. The van der Waals surface area contributed by atoms with Gasteiger partial charge in [-0.15, -0.1) is 5.10 Å². The fourth-order valence-corrected chi connectivity index (χ4v) is 2.56. The van der Waals surface area contributed by atoms with Gasteiger partial charge in [0.05, 0.1) is 6.54 Å². The average Bonchev–Trinajstić information content (AvgIpc) is 2.76. The van der Waals surface area contributed by atoms with E-state index in [4.69, 9.17) is 4.42 Å². The zero-order valence-corrected chi connectivity index (χ0v) is 10.1. The van der Waals surface area contributed by atoms with Crippen molar-refractivity contribution in [3.8, 4) is 0 Å². The van der Waals surface area contributed by atoms with Gasteiger partial charge in [-0.2, -0.15) is 0 Å². The van der Waals surface area contributed by atoms with Crippen LogP contribution in [0.5, 0.6) is 0 Å². The predicted octanol–water partition coefficient (Wildman–Crippen LogP) is -0.252. The largest absolute Gasteiger partial charge is 0.407 e. The molecule has 0 bridgehead atoms. The fraction of sp³-hybridized carbons (Fsp3) is 0.778. The first kappa shape index (κ1) is 11.5. The molecule has 0 saturated carbocycles. The van der Waals surface area contributed by atoms with Crippen LogP contribution in [0.15, 0.2) is 4.42 Å². The van der Waals surface area contributed by atoms with E-state index < -0.39 is 10.8 Å². The zero-order valence-electron chi connectivity index (χ0n) is 9.31. The van der Waals surface area contributed by atoms with Gasteiger partial charge in [0.2, 0.25) is 5.89 Å². The zero-order chi connectivity index (χ0) is 11.4. The first-order chi connectivity index (χ1) is 7.79. The van der Waals surface area contributed by atoms with Gasteiger partial charge in [0.25, 0.3) is 0 Å². The SMILES string of the molecule is CCNCc1nnc(N2CCS(=O)CC2)o1. The number of rotatable bonds is 4. The van der Waals surface area contributed by atoms with Crippen LogP contribution in [0, 0.1) is 0 Å². The van der Waals surface area contributed by atoms with Crippen LogP contribution in [-0.4, -0.2) is 45.5 Å². The summed E-state index contributed by atoms with van der Waals surface area (Å²) in [5, 5.41) is 11.1. The Morgan fingerprint density at radius 3 is 2.88 bits per heavy atom. The lowest BCUT2D eigenvalue weighted by Gasteiger charge is -2.23. The molecule has 1 saturated heterocycles. The normalized spacial score (nSPS) is 17.9. The maximum atomic E-state index is 11.2. The molecule has 7 heteroatoms. The highest BCUT2D eigenvalue weighted by molar-refractivity contribution is 7.85. The van der Waals surface area contributed by atoms with E-state index >= 15 is 0 Å². The maximum absolute atomic E-state index is 11.2. The van der Waals surface area contributed by atoms with Crippen molar-refractivity contribution < 1.29 is 8.63 Å². The van der Waals surface area contributed by atoms with E-state index in [9.17, 15) is 4.21 Å². The molecule has 0 aliphatic carbocycles. The molecule has 0 atom stereocenters. The van der Waals surface area contributed by atoms with Crippen molar-refractivity contribution in [3.05, 3.63) is 5.89 Å². The highest BCUT2D eigenvalue weighted by Gasteiger charge is 2.19. The molecule has 0 aromatic carbocycles. The summed E-state index contributed by atoms with van der Waals surface area (Å²) in [6.45, 7) is 4.96. The van der Waals surface area contributed by atoms with Crippen LogP contribution in [-0.2, 0) is 17.3 Å².